The fraction of sp³-hybridized carbons (Fsp3) is 0.500. The van der Waals surface area contributed by atoms with Crippen LogP contribution in [0, 0.1) is 0 Å². The Labute approximate surface area is 59.2 Å². The Hall–Kier alpha value is -0.263. The summed E-state index contributed by atoms with van der Waals surface area (Å²) in [6.45, 7) is 1.24. The quantitative estimate of drug-likeness (QED) is 0.381. The molecule has 0 aromatic carbocycles. The van der Waals surface area contributed by atoms with E-state index in [1.807, 2.05) is 0 Å². The maximum absolute atomic E-state index is 9.87. The molecule has 0 fully saturated rings. The van der Waals surface area contributed by atoms with Crippen molar-refractivity contribution in [1.82, 2.24) is 0 Å². The number of carbonyl (C=O) groups excluding carboxylic acids is 1. The Balaban J connectivity index is 0. The molecule has 0 bridgehead atoms. The van der Waals surface area contributed by atoms with E-state index >= 15 is 0 Å². The molecule has 0 aromatic heterocycles. The number of carboxylic acid groups (broad SMARTS) is 1. The summed E-state index contributed by atoms with van der Waals surface area (Å²) < 4.78 is 0. The molecule has 4 heteroatoms. The van der Waals surface area contributed by atoms with Gasteiger partial charge in [0.15, 0.2) is 0 Å². The van der Waals surface area contributed by atoms with Crippen LogP contribution in [0.5, 0.6) is 0 Å². The number of hydrogen-bond donors (Lipinski definition) is 1. The van der Waals surface area contributed by atoms with E-state index in [0.717, 1.165) is 0 Å². The molecule has 1 N–H and O–H groups in total. The number of ketones is 1. The topological polar surface area (TPSA) is 54.4 Å². The van der Waals surface area contributed by atoms with Crippen molar-refractivity contribution in [2.24, 2.45) is 0 Å². The average Bonchev–Trinajstić information content (AvgIpc) is 1.27. The van der Waals surface area contributed by atoms with Gasteiger partial charge in [-0.25, -0.2) is 0 Å². The first-order chi connectivity index (χ1) is 3.13. The number of carbonyl (C=O) groups is 2. The molecule has 0 aliphatic rings. The zero-order chi connectivity index (χ0) is 5.86. The van der Waals surface area contributed by atoms with Gasteiger partial charge in [-0.05, 0) is 6.92 Å². The van der Waals surface area contributed by atoms with Crippen molar-refractivity contribution in [2.45, 2.75) is 13.3 Å². The van der Waals surface area contributed by atoms with E-state index in [4.69, 9.17) is 5.11 Å². The third-order valence-corrected chi connectivity index (χ3v) is 0.400. The molecule has 0 saturated heterocycles. The Kier molecular flexibility index (Phi) is 6.52. The molecule has 0 unspecified atom stereocenters. The molecule has 0 aliphatic heterocycles. The van der Waals surface area contributed by atoms with Gasteiger partial charge < -0.3 is 5.11 Å². The third-order valence-electron chi connectivity index (χ3n) is 0.400. The summed E-state index contributed by atoms with van der Waals surface area (Å²) in [5.74, 6) is -1.37. The number of hydrogen-bond acceptors (Lipinski definition) is 2. The number of aliphatic carboxylic acids is 1. The van der Waals surface area contributed by atoms with Crippen molar-refractivity contribution in [1.29, 1.82) is 0 Å². The molecule has 42 valence electrons. The second-order valence-corrected chi connectivity index (χ2v) is 1.27. The van der Waals surface area contributed by atoms with Crippen LogP contribution in [0.2, 0.25) is 0 Å². The van der Waals surface area contributed by atoms with Crippen LogP contribution in [0.1, 0.15) is 13.3 Å². The molecule has 0 saturated carbocycles. The van der Waals surface area contributed by atoms with Crippen LogP contribution in [0.25, 0.3) is 0 Å². The van der Waals surface area contributed by atoms with E-state index in [-0.39, 0.29) is 31.1 Å². The van der Waals surface area contributed by atoms with Gasteiger partial charge in [-0.3, -0.25) is 9.59 Å². The van der Waals surface area contributed by atoms with Gasteiger partial charge in [0, 0.05) is 0 Å². The van der Waals surface area contributed by atoms with Crippen molar-refractivity contribution >= 4 is 30.6 Å². The molecule has 0 aromatic rings. The second kappa shape index (κ2) is 4.89. The van der Waals surface area contributed by atoms with Gasteiger partial charge in [0.2, 0.25) is 0 Å². The van der Waals surface area contributed by atoms with Crippen molar-refractivity contribution in [3.8, 4) is 0 Å². The first-order valence-corrected chi connectivity index (χ1v) is 1.84. The van der Waals surface area contributed by atoms with E-state index in [2.05, 4.69) is 0 Å². The molecule has 0 radical (unpaired) electrons. The van der Waals surface area contributed by atoms with Gasteiger partial charge in [0.25, 0.3) is 0 Å². The fourth-order valence-electron chi connectivity index (χ4n) is 0.213. The van der Waals surface area contributed by atoms with Gasteiger partial charge in [-0.1, -0.05) is 0 Å². The van der Waals surface area contributed by atoms with Crippen LogP contribution in [-0.2, 0) is 9.59 Å². The fourth-order valence-corrected chi connectivity index (χ4v) is 0.213. The molecule has 0 amide bonds. The Morgan fingerprint density at radius 2 is 1.88 bits per heavy atom. The molecule has 3 nitrogen and oxygen atoms in total. The SMILES string of the molecule is CC(=O)CC(=O)O.[LiH]. The minimum absolute atomic E-state index is 0. The minimum atomic E-state index is -1.06. The second-order valence-electron chi connectivity index (χ2n) is 1.27. The zero-order valence-electron chi connectivity index (χ0n) is 3.97. The van der Waals surface area contributed by atoms with E-state index in [1.54, 1.807) is 0 Å². The van der Waals surface area contributed by atoms with Crippen molar-refractivity contribution in [3.05, 3.63) is 0 Å². The maximum atomic E-state index is 9.87. The third kappa shape index (κ3) is 9.22. The molecule has 8 heavy (non-hydrogen) atoms. The molecule has 0 rings (SSSR count). The van der Waals surface area contributed by atoms with Gasteiger partial charge in [-0.2, -0.15) is 0 Å². The first-order valence-electron chi connectivity index (χ1n) is 1.84. The Morgan fingerprint density at radius 3 is 1.88 bits per heavy atom. The summed E-state index contributed by atoms with van der Waals surface area (Å²) >= 11 is 0. The molecule has 0 heterocycles. The van der Waals surface area contributed by atoms with Crippen LogP contribution in [0.15, 0.2) is 0 Å². The number of rotatable bonds is 2. The normalized spacial score (nSPS) is 7.12. The van der Waals surface area contributed by atoms with Gasteiger partial charge in [0.05, 0.1) is 0 Å². The summed E-state index contributed by atoms with van der Waals surface area (Å²) in [6, 6.07) is 0. The van der Waals surface area contributed by atoms with E-state index in [9.17, 15) is 9.59 Å². The summed E-state index contributed by atoms with van der Waals surface area (Å²) in [5.41, 5.74) is 0. The van der Waals surface area contributed by atoms with E-state index < -0.39 is 5.97 Å². The van der Waals surface area contributed by atoms with Crippen molar-refractivity contribution < 1.29 is 14.7 Å². The molecule has 0 aliphatic carbocycles. The van der Waals surface area contributed by atoms with Crippen LogP contribution in [0.3, 0.4) is 0 Å². The molecular weight excluding hydrogens is 103 g/mol. The summed E-state index contributed by atoms with van der Waals surface area (Å²) in [4.78, 5) is 19.5. The zero-order valence-corrected chi connectivity index (χ0v) is 3.97. The van der Waals surface area contributed by atoms with Gasteiger partial charge in [-0.15, -0.1) is 0 Å². The average molecular weight is 110 g/mol. The van der Waals surface area contributed by atoms with Crippen LogP contribution < -0.4 is 0 Å². The van der Waals surface area contributed by atoms with Crippen molar-refractivity contribution in [3.63, 3.8) is 0 Å². The van der Waals surface area contributed by atoms with Crippen molar-refractivity contribution in [2.75, 3.05) is 0 Å². The monoisotopic (exact) mass is 110 g/mol. The predicted octanol–water partition coefficient (Wildman–Crippen LogP) is -0.598. The number of Topliss-reactive ketones (excluding diaryl/α,β-unsaturated/α-hetero) is 1. The van der Waals surface area contributed by atoms with Crippen LogP contribution in [-0.4, -0.2) is 35.7 Å². The standard InChI is InChI=1S/C4H6O3.Li.H/c1-3(5)2-4(6)7;;/h2H2,1H3,(H,6,7);;. The van der Waals surface area contributed by atoms with E-state index in [0.29, 0.717) is 0 Å². The molecule has 0 atom stereocenters. The van der Waals surface area contributed by atoms with Crippen LogP contribution >= 0.6 is 0 Å². The summed E-state index contributed by atoms with van der Waals surface area (Å²) in [6.07, 6.45) is -0.361. The number of carboxylic acids is 1. The first kappa shape index (κ1) is 10.7. The predicted molar refractivity (Wildman–Crippen MR) is 30.1 cm³/mol. The summed E-state index contributed by atoms with van der Waals surface area (Å²) in [7, 11) is 0. The molecular formula is C4H7LiO3. The Morgan fingerprint density at radius 1 is 1.50 bits per heavy atom. The van der Waals surface area contributed by atoms with Gasteiger partial charge in [0.1, 0.15) is 12.2 Å². The summed E-state index contributed by atoms with van der Waals surface area (Å²) in [5, 5.41) is 7.86. The van der Waals surface area contributed by atoms with Gasteiger partial charge >= 0.3 is 24.8 Å². The van der Waals surface area contributed by atoms with E-state index in [1.165, 1.54) is 6.92 Å². The Bertz CT molecular complexity index is 87.5. The van der Waals surface area contributed by atoms with Crippen LogP contribution in [0.4, 0.5) is 0 Å². The molecule has 0 spiro atoms.